The number of carbonyl (C=O) groups excluding carboxylic acids is 1. The largest absolute Gasteiger partial charge is 0.296 e. The number of carbonyl (C=O) groups is 1. The van der Waals surface area contributed by atoms with Crippen LogP contribution in [0.2, 0.25) is 0 Å². The first kappa shape index (κ1) is 10.7. The lowest BCUT2D eigenvalue weighted by molar-refractivity contribution is -0.155. The quantitative estimate of drug-likeness (QED) is 0.745. The molecule has 4 bridgehead atoms. The summed E-state index contributed by atoms with van der Waals surface area (Å²) in [7, 11) is 0. The van der Waals surface area contributed by atoms with Crippen molar-refractivity contribution in [1.29, 1.82) is 0 Å². The van der Waals surface area contributed by atoms with Crippen molar-refractivity contribution in [1.82, 2.24) is 0 Å². The second-order valence-corrected chi connectivity index (χ2v) is 6.34. The van der Waals surface area contributed by atoms with Gasteiger partial charge in [0.2, 0.25) is 0 Å². The van der Waals surface area contributed by atoms with Crippen molar-refractivity contribution in [3.63, 3.8) is 0 Å². The number of Topliss-reactive ketones (excluding diaryl/α,β-unsaturated/α-hetero) is 1. The SMILES string of the molecule is CC(ON)C(=O)C12CC3CC(CC(C3)C1)C2. The predicted molar refractivity (Wildman–Crippen MR) is 60.3 cm³/mol. The molecular weight excluding hydrogens is 202 g/mol. The molecule has 90 valence electrons. The Morgan fingerprint density at radius 2 is 1.62 bits per heavy atom. The summed E-state index contributed by atoms with van der Waals surface area (Å²) >= 11 is 0. The summed E-state index contributed by atoms with van der Waals surface area (Å²) in [6.07, 6.45) is 6.98. The second-order valence-electron chi connectivity index (χ2n) is 6.34. The smallest absolute Gasteiger partial charge is 0.169 e. The number of hydrogen-bond donors (Lipinski definition) is 1. The van der Waals surface area contributed by atoms with E-state index >= 15 is 0 Å². The summed E-state index contributed by atoms with van der Waals surface area (Å²) < 4.78 is 0. The van der Waals surface area contributed by atoms with E-state index in [2.05, 4.69) is 0 Å². The highest BCUT2D eigenvalue weighted by Gasteiger charge is 2.55. The Balaban J connectivity index is 1.85. The van der Waals surface area contributed by atoms with Crippen molar-refractivity contribution >= 4 is 5.78 Å². The van der Waals surface area contributed by atoms with Gasteiger partial charge in [-0.1, -0.05) is 0 Å². The van der Waals surface area contributed by atoms with Crippen LogP contribution in [-0.4, -0.2) is 11.9 Å². The van der Waals surface area contributed by atoms with E-state index in [1.54, 1.807) is 6.92 Å². The number of ketones is 1. The van der Waals surface area contributed by atoms with Gasteiger partial charge in [-0.2, -0.15) is 0 Å². The summed E-state index contributed by atoms with van der Waals surface area (Å²) in [4.78, 5) is 17.2. The van der Waals surface area contributed by atoms with E-state index in [0.717, 1.165) is 37.0 Å². The van der Waals surface area contributed by atoms with Gasteiger partial charge in [-0.15, -0.1) is 0 Å². The van der Waals surface area contributed by atoms with E-state index in [9.17, 15) is 4.79 Å². The van der Waals surface area contributed by atoms with Crippen LogP contribution in [0.15, 0.2) is 0 Å². The number of rotatable bonds is 3. The van der Waals surface area contributed by atoms with Crippen molar-refractivity contribution in [2.75, 3.05) is 0 Å². The van der Waals surface area contributed by atoms with Crippen molar-refractivity contribution in [3.05, 3.63) is 0 Å². The highest BCUT2D eigenvalue weighted by atomic mass is 16.6. The van der Waals surface area contributed by atoms with Crippen LogP contribution in [0, 0.1) is 23.2 Å². The summed E-state index contributed by atoms with van der Waals surface area (Å²) in [5, 5.41) is 0. The molecule has 0 radical (unpaired) electrons. The third-order valence-electron chi connectivity index (χ3n) is 5.13. The van der Waals surface area contributed by atoms with Gasteiger partial charge in [0.05, 0.1) is 0 Å². The lowest BCUT2D eigenvalue weighted by Crippen LogP contribution is -2.52. The van der Waals surface area contributed by atoms with E-state index in [-0.39, 0.29) is 11.2 Å². The minimum atomic E-state index is -0.420. The number of nitrogens with two attached hydrogens (primary N) is 1. The summed E-state index contributed by atoms with van der Waals surface area (Å²) in [6.45, 7) is 1.79. The molecule has 0 amide bonds. The first-order valence-corrected chi connectivity index (χ1v) is 6.53. The van der Waals surface area contributed by atoms with Gasteiger partial charge in [-0.25, -0.2) is 5.90 Å². The molecule has 4 fully saturated rings. The Morgan fingerprint density at radius 3 is 2.00 bits per heavy atom. The lowest BCUT2D eigenvalue weighted by atomic mass is 9.48. The highest BCUT2D eigenvalue weighted by molar-refractivity contribution is 5.89. The molecule has 0 aliphatic heterocycles. The molecule has 4 saturated carbocycles. The zero-order valence-corrected chi connectivity index (χ0v) is 9.95. The molecule has 0 saturated heterocycles. The van der Waals surface area contributed by atoms with Crippen molar-refractivity contribution < 1.29 is 9.63 Å². The van der Waals surface area contributed by atoms with E-state index in [1.165, 1.54) is 19.3 Å². The van der Waals surface area contributed by atoms with Crippen LogP contribution >= 0.6 is 0 Å². The first-order valence-electron chi connectivity index (χ1n) is 6.53. The standard InChI is InChI=1S/C13H21NO2/c1-8(16-14)12(15)13-5-9-2-10(6-13)4-11(3-9)7-13/h8-11H,2-7,14H2,1H3. The fourth-order valence-corrected chi connectivity index (χ4v) is 4.91. The van der Waals surface area contributed by atoms with Crippen LogP contribution < -0.4 is 5.90 Å². The molecule has 4 aliphatic rings. The molecule has 0 spiro atoms. The summed E-state index contributed by atoms with van der Waals surface area (Å²) in [6, 6.07) is 0. The van der Waals surface area contributed by atoms with Gasteiger partial charge in [0.1, 0.15) is 6.10 Å². The van der Waals surface area contributed by atoms with Crippen molar-refractivity contribution in [3.8, 4) is 0 Å². The van der Waals surface area contributed by atoms with Crippen LogP contribution in [0.5, 0.6) is 0 Å². The van der Waals surface area contributed by atoms with Crippen LogP contribution in [0.1, 0.15) is 45.4 Å². The molecule has 0 aromatic rings. The minimum Gasteiger partial charge on any atom is -0.296 e. The second kappa shape index (κ2) is 3.54. The molecule has 0 aromatic carbocycles. The lowest BCUT2D eigenvalue weighted by Gasteiger charge is -2.56. The van der Waals surface area contributed by atoms with Crippen LogP contribution in [0.3, 0.4) is 0 Å². The van der Waals surface area contributed by atoms with Crippen LogP contribution in [0.4, 0.5) is 0 Å². The molecule has 4 rings (SSSR count). The molecule has 0 heterocycles. The van der Waals surface area contributed by atoms with Gasteiger partial charge in [0, 0.05) is 5.41 Å². The zero-order valence-electron chi connectivity index (χ0n) is 9.95. The average molecular weight is 223 g/mol. The van der Waals surface area contributed by atoms with Gasteiger partial charge in [0.25, 0.3) is 0 Å². The maximum absolute atomic E-state index is 12.4. The first-order chi connectivity index (χ1) is 7.63. The number of hydrogen-bond acceptors (Lipinski definition) is 3. The Hall–Kier alpha value is -0.410. The van der Waals surface area contributed by atoms with E-state index in [0.29, 0.717) is 0 Å². The molecule has 0 aromatic heterocycles. The van der Waals surface area contributed by atoms with E-state index in [1.807, 2.05) is 0 Å². The molecule has 4 aliphatic carbocycles. The Kier molecular flexibility index (Phi) is 2.37. The van der Waals surface area contributed by atoms with Gasteiger partial charge in [-0.05, 0) is 63.2 Å². The average Bonchev–Trinajstić information content (AvgIpc) is 2.25. The van der Waals surface area contributed by atoms with Gasteiger partial charge in [0.15, 0.2) is 5.78 Å². The van der Waals surface area contributed by atoms with Crippen molar-refractivity contribution in [2.45, 2.75) is 51.6 Å². The Morgan fingerprint density at radius 1 is 1.19 bits per heavy atom. The van der Waals surface area contributed by atoms with Gasteiger partial charge >= 0.3 is 0 Å². The Bertz CT molecular complexity index is 278. The maximum atomic E-state index is 12.4. The van der Waals surface area contributed by atoms with Crippen molar-refractivity contribution in [2.24, 2.45) is 29.1 Å². The molecular formula is C13H21NO2. The summed E-state index contributed by atoms with van der Waals surface area (Å²) in [5.74, 6) is 7.86. The normalized spacial score (nSPS) is 47.0. The van der Waals surface area contributed by atoms with E-state index < -0.39 is 6.10 Å². The molecule has 3 nitrogen and oxygen atoms in total. The zero-order chi connectivity index (χ0) is 11.3. The fourth-order valence-electron chi connectivity index (χ4n) is 4.91. The van der Waals surface area contributed by atoms with Gasteiger partial charge in [-0.3, -0.25) is 9.63 Å². The molecule has 3 heteroatoms. The maximum Gasteiger partial charge on any atom is 0.169 e. The molecule has 2 N–H and O–H groups in total. The third-order valence-corrected chi connectivity index (χ3v) is 5.13. The van der Waals surface area contributed by atoms with E-state index in [4.69, 9.17) is 10.7 Å². The fraction of sp³-hybridized carbons (Fsp3) is 0.923. The minimum absolute atomic E-state index is 0.0620. The topological polar surface area (TPSA) is 52.3 Å². The van der Waals surface area contributed by atoms with Crippen LogP contribution in [0.25, 0.3) is 0 Å². The monoisotopic (exact) mass is 223 g/mol. The molecule has 1 unspecified atom stereocenters. The molecule has 1 atom stereocenters. The predicted octanol–water partition coefficient (Wildman–Crippen LogP) is 2.05. The van der Waals surface area contributed by atoms with Crippen LogP contribution in [-0.2, 0) is 9.63 Å². The van der Waals surface area contributed by atoms with Gasteiger partial charge < -0.3 is 0 Å². The third kappa shape index (κ3) is 1.45. The Labute approximate surface area is 96.7 Å². The molecule has 16 heavy (non-hydrogen) atoms. The summed E-state index contributed by atoms with van der Waals surface area (Å²) in [5.41, 5.74) is -0.0620. The highest BCUT2D eigenvalue weighted by Crippen LogP contribution is 2.60.